The molecule has 0 spiro atoms. The maximum atomic E-state index is 5.17. The van der Waals surface area contributed by atoms with Gasteiger partial charge in [-0.1, -0.05) is 34.9 Å². The van der Waals surface area contributed by atoms with Crippen molar-refractivity contribution in [2.75, 3.05) is 19.0 Å². The minimum atomic E-state index is 0.661. The van der Waals surface area contributed by atoms with Gasteiger partial charge in [-0.15, -0.1) is 0 Å². The van der Waals surface area contributed by atoms with Gasteiger partial charge in [-0.3, -0.25) is 0 Å². The predicted molar refractivity (Wildman–Crippen MR) is 93.7 cm³/mol. The summed E-state index contributed by atoms with van der Waals surface area (Å²) in [5, 5.41) is 15.2. The van der Waals surface area contributed by atoms with Gasteiger partial charge in [-0.05, 0) is 60.0 Å². The number of nitrogens with zero attached hydrogens (tertiary/aromatic N) is 4. The van der Waals surface area contributed by atoms with E-state index in [4.69, 9.17) is 4.74 Å². The number of rotatable bonds is 7. The average Bonchev–Trinajstić information content (AvgIpc) is 3.08. The second kappa shape index (κ2) is 7.59. The number of hydrogen-bond acceptors (Lipinski definition) is 5. The first-order valence-electron chi connectivity index (χ1n) is 7.98. The maximum absolute atomic E-state index is 5.17. The first-order chi connectivity index (χ1) is 11.8. The van der Waals surface area contributed by atoms with E-state index in [1.807, 2.05) is 36.4 Å². The fourth-order valence-corrected chi connectivity index (χ4v) is 2.44. The van der Waals surface area contributed by atoms with Gasteiger partial charge in [0, 0.05) is 6.54 Å². The Morgan fingerprint density at radius 3 is 2.50 bits per heavy atom. The second-order valence-electron chi connectivity index (χ2n) is 5.63. The molecule has 0 saturated carbocycles. The molecule has 124 valence electrons. The Labute approximate surface area is 141 Å². The Kier molecular flexibility index (Phi) is 5.05. The molecule has 24 heavy (non-hydrogen) atoms. The molecular weight excluding hydrogens is 302 g/mol. The van der Waals surface area contributed by atoms with Crippen LogP contribution in [-0.2, 0) is 6.42 Å². The first kappa shape index (κ1) is 16.0. The van der Waals surface area contributed by atoms with Crippen molar-refractivity contribution in [3.63, 3.8) is 0 Å². The molecule has 0 saturated heterocycles. The first-order valence-corrected chi connectivity index (χ1v) is 7.98. The summed E-state index contributed by atoms with van der Waals surface area (Å²) in [5.74, 6) is 1.54. The van der Waals surface area contributed by atoms with Crippen molar-refractivity contribution in [1.29, 1.82) is 0 Å². The van der Waals surface area contributed by atoms with Crippen LogP contribution in [0.5, 0.6) is 5.75 Å². The lowest BCUT2D eigenvalue weighted by atomic mass is 10.1. The number of methoxy groups -OCH3 is 1. The van der Waals surface area contributed by atoms with Gasteiger partial charge in [0.25, 0.3) is 0 Å². The summed E-state index contributed by atoms with van der Waals surface area (Å²) in [5.41, 5.74) is 3.44. The highest BCUT2D eigenvalue weighted by atomic mass is 16.5. The largest absolute Gasteiger partial charge is 0.497 e. The van der Waals surface area contributed by atoms with E-state index in [0.717, 1.165) is 30.8 Å². The Morgan fingerprint density at radius 2 is 1.79 bits per heavy atom. The van der Waals surface area contributed by atoms with E-state index in [1.165, 1.54) is 11.1 Å². The van der Waals surface area contributed by atoms with E-state index in [2.05, 4.69) is 39.9 Å². The van der Waals surface area contributed by atoms with Gasteiger partial charge in [-0.25, -0.2) is 0 Å². The number of hydrogen-bond donors (Lipinski definition) is 1. The number of aryl methyl sites for hydroxylation is 2. The molecule has 0 radical (unpaired) electrons. The molecule has 3 rings (SSSR count). The molecule has 0 amide bonds. The average molecular weight is 323 g/mol. The summed E-state index contributed by atoms with van der Waals surface area (Å²) in [7, 11) is 1.68. The van der Waals surface area contributed by atoms with E-state index in [1.54, 1.807) is 11.8 Å². The van der Waals surface area contributed by atoms with Crippen LogP contribution in [0, 0.1) is 6.92 Å². The van der Waals surface area contributed by atoms with Gasteiger partial charge in [0.05, 0.1) is 12.8 Å². The molecule has 0 unspecified atom stereocenters. The van der Waals surface area contributed by atoms with Crippen LogP contribution in [0.1, 0.15) is 17.5 Å². The fourth-order valence-electron chi connectivity index (χ4n) is 2.44. The number of benzene rings is 2. The normalized spacial score (nSPS) is 10.6. The zero-order valence-electron chi connectivity index (χ0n) is 13.9. The number of tetrazole rings is 1. The highest BCUT2D eigenvalue weighted by molar-refractivity contribution is 5.39. The summed E-state index contributed by atoms with van der Waals surface area (Å²) in [6, 6.07) is 16.3. The molecule has 3 aromatic rings. The van der Waals surface area contributed by atoms with E-state index < -0.39 is 0 Å². The van der Waals surface area contributed by atoms with Gasteiger partial charge < -0.3 is 10.1 Å². The van der Waals surface area contributed by atoms with E-state index >= 15 is 0 Å². The Morgan fingerprint density at radius 1 is 1.04 bits per heavy atom. The smallest absolute Gasteiger partial charge is 0.247 e. The van der Waals surface area contributed by atoms with Crippen molar-refractivity contribution in [3.05, 3.63) is 59.7 Å². The van der Waals surface area contributed by atoms with Gasteiger partial charge in [0.1, 0.15) is 5.75 Å². The maximum Gasteiger partial charge on any atom is 0.247 e. The Balaban J connectivity index is 1.54. The molecule has 6 heteroatoms. The molecule has 6 nitrogen and oxygen atoms in total. The highest BCUT2D eigenvalue weighted by Gasteiger charge is 2.07. The molecule has 1 N–H and O–H groups in total. The molecule has 0 aliphatic carbocycles. The van der Waals surface area contributed by atoms with Crippen LogP contribution in [0.2, 0.25) is 0 Å². The molecule has 0 aliphatic heterocycles. The summed E-state index contributed by atoms with van der Waals surface area (Å²) in [4.78, 5) is 0. The van der Waals surface area contributed by atoms with Gasteiger partial charge >= 0.3 is 0 Å². The van der Waals surface area contributed by atoms with Gasteiger partial charge in [-0.2, -0.15) is 4.68 Å². The van der Waals surface area contributed by atoms with E-state index in [0.29, 0.717) is 5.95 Å². The standard InChI is InChI=1S/C18H21N5O/c1-14-5-9-16(10-6-14)23-18(20-21-22-23)19-13-3-4-15-7-11-17(24-2)12-8-15/h5-12H,3-4,13H2,1-2H3,(H,19,20,22). The fraction of sp³-hybridized carbons (Fsp3) is 0.278. The molecular formula is C18H21N5O. The van der Waals surface area contributed by atoms with E-state index in [-0.39, 0.29) is 0 Å². The van der Waals surface area contributed by atoms with Crippen LogP contribution in [0.15, 0.2) is 48.5 Å². The predicted octanol–water partition coefficient (Wildman–Crippen LogP) is 3.02. The minimum Gasteiger partial charge on any atom is -0.497 e. The van der Waals surface area contributed by atoms with Crippen LogP contribution >= 0.6 is 0 Å². The van der Waals surface area contributed by atoms with Crippen molar-refractivity contribution in [1.82, 2.24) is 20.2 Å². The third kappa shape index (κ3) is 3.90. The summed E-state index contributed by atoms with van der Waals surface area (Å²) in [6.45, 7) is 2.86. The zero-order chi connectivity index (χ0) is 16.8. The SMILES string of the molecule is COc1ccc(CCCNc2nnnn2-c2ccc(C)cc2)cc1. The molecule has 0 atom stereocenters. The molecule has 1 aromatic heterocycles. The third-order valence-corrected chi connectivity index (χ3v) is 3.83. The molecule has 2 aromatic carbocycles. The monoisotopic (exact) mass is 323 g/mol. The van der Waals surface area contributed by atoms with Crippen molar-refractivity contribution in [2.45, 2.75) is 19.8 Å². The summed E-state index contributed by atoms with van der Waals surface area (Å²) in [6.07, 6.45) is 1.98. The van der Waals surface area contributed by atoms with Gasteiger partial charge in [0.2, 0.25) is 5.95 Å². The second-order valence-corrected chi connectivity index (χ2v) is 5.63. The highest BCUT2D eigenvalue weighted by Crippen LogP contribution is 2.14. The van der Waals surface area contributed by atoms with Crippen molar-refractivity contribution >= 4 is 5.95 Å². The Hall–Kier alpha value is -2.89. The minimum absolute atomic E-state index is 0.661. The molecule has 0 fully saturated rings. The van der Waals surface area contributed by atoms with Crippen LogP contribution in [0.4, 0.5) is 5.95 Å². The van der Waals surface area contributed by atoms with Crippen LogP contribution < -0.4 is 10.1 Å². The van der Waals surface area contributed by atoms with Crippen molar-refractivity contribution < 1.29 is 4.74 Å². The topological polar surface area (TPSA) is 64.9 Å². The van der Waals surface area contributed by atoms with Crippen molar-refractivity contribution in [3.8, 4) is 11.4 Å². The number of anilines is 1. The summed E-state index contributed by atoms with van der Waals surface area (Å²) < 4.78 is 6.88. The van der Waals surface area contributed by atoms with Crippen molar-refractivity contribution in [2.24, 2.45) is 0 Å². The number of aromatic nitrogens is 4. The van der Waals surface area contributed by atoms with Crippen LogP contribution in [0.25, 0.3) is 5.69 Å². The lowest BCUT2D eigenvalue weighted by Crippen LogP contribution is -2.09. The van der Waals surface area contributed by atoms with Crippen LogP contribution in [-0.4, -0.2) is 33.9 Å². The lowest BCUT2D eigenvalue weighted by molar-refractivity contribution is 0.414. The summed E-state index contributed by atoms with van der Waals surface area (Å²) >= 11 is 0. The quantitative estimate of drug-likeness (QED) is 0.677. The molecule has 0 aliphatic rings. The Bertz CT molecular complexity index is 765. The molecule has 0 bridgehead atoms. The van der Waals surface area contributed by atoms with Crippen LogP contribution in [0.3, 0.4) is 0 Å². The number of nitrogens with one attached hydrogen (secondary N) is 1. The number of ether oxygens (including phenoxy) is 1. The molecule has 1 heterocycles. The van der Waals surface area contributed by atoms with E-state index in [9.17, 15) is 0 Å². The third-order valence-electron chi connectivity index (χ3n) is 3.83. The lowest BCUT2D eigenvalue weighted by Gasteiger charge is -2.07. The zero-order valence-corrected chi connectivity index (χ0v) is 13.9. The van der Waals surface area contributed by atoms with Gasteiger partial charge in [0.15, 0.2) is 0 Å².